The standard InChI is InChI=1S/C27H34N4O4/c1-34-23-8-6-18(13-24(23)35-2)10-11-28-27(33)20-7-9-25(29-14-20)30-15-19-12-21(17-30)22-4-3-5-26(32)31(22)16-19/h6-9,13-14,19,21-22H,3-5,10-12,15-17H2,1-2H3,(H,28,33)/t19?,21?,22-/m1/s1. The number of carbonyl (C=O) groups excluding carboxylic acids is 2. The third-order valence-electron chi connectivity index (χ3n) is 7.66. The first-order chi connectivity index (χ1) is 17.1. The third-order valence-corrected chi connectivity index (χ3v) is 7.66. The molecule has 35 heavy (non-hydrogen) atoms. The second-order valence-corrected chi connectivity index (χ2v) is 9.87. The fourth-order valence-electron chi connectivity index (χ4n) is 5.96. The quantitative estimate of drug-likeness (QED) is 0.659. The molecule has 1 aromatic heterocycles. The number of benzene rings is 1. The number of methoxy groups -OCH3 is 2. The Bertz CT molecular complexity index is 1070. The Morgan fingerprint density at radius 3 is 2.74 bits per heavy atom. The van der Waals surface area contributed by atoms with Crippen molar-refractivity contribution in [3.63, 3.8) is 0 Å². The number of carbonyl (C=O) groups is 2. The predicted molar refractivity (Wildman–Crippen MR) is 133 cm³/mol. The lowest BCUT2D eigenvalue weighted by Gasteiger charge is -2.52. The number of piperidine rings is 3. The summed E-state index contributed by atoms with van der Waals surface area (Å²) in [5.74, 6) is 3.49. The summed E-state index contributed by atoms with van der Waals surface area (Å²) in [6.07, 6.45) is 6.39. The molecule has 3 aliphatic rings. The van der Waals surface area contributed by atoms with Crippen LogP contribution in [0.1, 0.15) is 41.6 Å². The maximum absolute atomic E-state index is 12.6. The zero-order chi connectivity index (χ0) is 24.4. The number of anilines is 1. The Morgan fingerprint density at radius 2 is 1.97 bits per heavy atom. The fraction of sp³-hybridized carbons (Fsp3) is 0.519. The molecule has 3 saturated heterocycles. The molecule has 2 aromatic rings. The summed E-state index contributed by atoms with van der Waals surface area (Å²) >= 11 is 0. The fourth-order valence-corrected chi connectivity index (χ4v) is 5.96. The van der Waals surface area contributed by atoms with E-state index in [0.717, 1.165) is 43.9 Å². The van der Waals surface area contributed by atoms with Crippen LogP contribution in [0.5, 0.6) is 11.5 Å². The summed E-state index contributed by atoms with van der Waals surface area (Å²) in [7, 11) is 3.22. The number of nitrogens with zero attached hydrogens (tertiary/aromatic N) is 3. The van der Waals surface area contributed by atoms with Crippen LogP contribution in [0.25, 0.3) is 0 Å². The Balaban J connectivity index is 1.16. The largest absolute Gasteiger partial charge is 0.493 e. The van der Waals surface area contributed by atoms with Crippen molar-refractivity contribution in [2.75, 3.05) is 45.3 Å². The van der Waals surface area contributed by atoms with E-state index in [0.29, 0.717) is 60.2 Å². The minimum absolute atomic E-state index is 0.128. The first kappa shape index (κ1) is 23.5. The van der Waals surface area contributed by atoms with Gasteiger partial charge in [-0.2, -0.15) is 0 Å². The van der Waals surface area contributed by atoms with Crippen molar-refractivity contribution >= 4 is 17.6 Å². The molecule has 3 atom stereocenters. The number of rotatable bonds is 7. The van der Waals surface area contributed by atoms with Crippen LogP contribution in [0.4, 0.5) is 5.82 Å². The van der Waals surface area contributed by atoms with Gasteiger partial charge in [0.05, 0.1) is 19.8 Å². The monoisotopic (exact) mass is 478 g/mol. The van der Waals surface area contributed by atoms with Gasteiger partial charge in [-0.15, -0.1) is 0 Å². The van der Waals surface area contributed by atoms with E-state index in [1.807, 2.05) is 30.3 Å². The number of pyridine rings is 1. The van der Waals surface area contributed by atoms with Crippen LogP contribution >= 0.6 is 0 Å². The molecule has 3 aliphatic heterocycles. The van der Waals surface area contributed by atoms with Crippen LogP contribution in [0, 0.1) is 11.8 Å². The summed E-state index contributed by atoms with van der Waals surface area (Å²) in [6.45, 7) is 3.23. The smallest absolute Gasteiger partial charge is 0.252 e. The molecule has 3 fully saturated rings. The van der Waals surface area contributed by atoms with Gasteiger partial charge in [0.1, 0.15) is 5.82 Å². The van der Waals surface area contributed by atoms with Gasteiger partial charge in [0.2, 0.25) is 5.91 Å². The highest BCUT2D eigenvalue weighted by atomic mass is 16.5. The van der Waals surface area contributed by atoms with Gasteiger partial charge < -0.3 is 24.6 Å². The van der Waals surface area contributed by atoms with Crippen LogP contribution in [-0.4, -0.2) is 68.1 Å². The molecule has 1 N–H and O–H groups in total. The lowest BCUT2D eigenvalue weighted by atomic mass is 9.76. The summed E-state index contributed by atoms with van der Waals surface area (Å²) < 4.78 is 10.6. The number of hydrogen-bond donors (Lipinski definition) is 1. The molecular weight excluding hydrogens is 444 g/mol. The number of ether oxygens (including phenoxy) is 2. The summed E-state index contributed by atoms with van der Waals surface area (Å²) in [4.78, 5) is 34.1. The van der Waals surface area contributed by atoms with E-state index < -0.39 is 0 Å². The molecule has 0 spiro atoms. The van der Waals surface area contributed by atoms with Crippen molar-refractivity contribution in [3.8, 4) is 11.5 Å². The van der Waals surface area contributed by atoms with E-state index >= 15 is 0 Å². The van der Waals surface area contributed by atoms with Crippen molar-refractivity contribution < 1.29 is 19.1 Å². The molecular formula is C27H34N4O4. The predicted octanol–water partition coefficient (Wildman–Crippen LogP) is 2.91. The van der Waals surface area contributed by atoms with Gasteiger partial charge in [0, 0.05) is 44.8 Å². The molecule has 0 radical (unpaired) electrons. The number of hydrogen-bond acceptors (Lipinski definition) is 6. The molecule has 8 nitrogen and oxygen atoms in total. The molecule has 0 saturated carbocycles. The summed E-state index contributed by atoms with van der Waals surface area (Å²) in [6, 6.07) is 9.96. The Hall–Kier alpha value is -3.29. The SMILES string of the molecule is COc1ccc(CCNC(=O)c2ccc(N3CC4CC(C3)[C@H]3CCCC(=O)N3C4)nc2)cc1OC. The van der Waals surface area contributed by atoms with Crippen LogP contribution in [-0.2, 0) is 11.2 Å². The lowest BCUT2D eigenvalue weighted by molar-refractivity contribution is -0.142. The molecule has 4 heterocycles. The molecule has 0 aliphatic carbocycles. The number of aromatic nitrogens is 1. The minimum Gasteiger partial charge on any atom is -0.493 e. The van der Waals surface area contributed by atoms with Crippen molar-refractivity contribution in [3.05, 3.63) is 47.7 Å². The van der Waals surface area contributed by atoms with Gasteiger partial charge in [0.25, 0.3) is 5.91 Å². The molecule has 2 unspecified atom stereocenters. The van der Waals surface area contributed by atoms with Gasteiger partial charge in [-0.1, -0.05) is 6.07 Å². The maximum atomic E-state index is 12.6. The molecule has 2 bridgehead atoms. The third kappa shape index (κ3) is 4.92. The van der Waals surface area contributed by atoms with E-state index in [1.54, 1.807) is 20.4 Å². The molecule has 2 amide bonds. The van der Waals surface area contributed by atoms with Gasteiger partial charge in [0.15, 0.2) is 11.5 Å². The molecule has 5 rings (SSSR count). The van der Waals surface area contributed by atoms with E-state index in [2.05, 4.69) is 20.1 Å². The first-order valence-electron chi connectivity index (χ1n) is 12.5. The van der Waals surface area contributed by atoms with Crippen molar-refractivity contribution in [1.29, 1.82) is 0 Å². The van der Waals surface area contributed by atoms with Crippen molar-refractivity contribution in [1.82, 2.24) is 15.2 Å². The lowest BCUT2D eigenvalue weighted by Crippen LogP contribution is -2.60. The zero-order valence-corrected chi connectivity index (χ0v) is 20.5. The van der Waals surface area contributed by atoms with Gasteiger partial charge in [-0.05, 0) is 67.3 Å². The van der Waals surface area contributed by atoms with E-state index in [9.17, 15) is 9.59 Å². The van der Waals surface area contributed by atoms with E-state index in [1.165, 1.54) is 6.42 Å². The second-order valence-electron chi connectivity index (χ2n) is 9.87. The first-order valence-corrected chi connectivity index (χ1v) is 12.5. The van der Waals surface area contributed by atoms with Crippen molar-refractivity contribution in [2.24, 2.45) is 11.8 Å². The average Bonchev–Trinajstić information content (AvgIpc) is 2.89. The van der Waals surface area contributed by atoms with Gasteiger partial charge in [-0.3, -0.25) is 9.59 Å². The highest BCUT2D eigenvalue weighted by Crippen LogP contribution is 2.38. The summed E-state index contributed by atoms with van der Waals surface area (Å²) in [5, 5.41) is 2.98. The average molecular weight is 479 g/mol. The number of amides is 2. The Kier molecular flexibility index (Phi) is 6.79. The van der Waals surface area contributed by atoms with Crippen LogP contribution < -0.4 is 19.7 Å². The highest BCUT2D eigenvalue weighted by Gasteiger charge is 2.44. The second kappa shape index (κ2) is 10.1. The Morgan fingerprint density at radius 1 is 1.11 bits per heavy atom. The topological polar surface area (TPSA) is 84.0 Å². The molecule has 8 heteroatoms. The maximum Gasteiger partial charge on any atom is 0.252 e. The Labute approximate surface area is 206 Å². The normalized spacial score (nSPS) is 23.5. The number of nitrogens with one attached hydrogen (secondary N) is 1. The zero-order valence-electron chi connectivity index (χ0n) is 20.5. The summed E-state index contributed by atoms with van der Waals surface area (Å²) in [5.41, 5.74) is 1.62. The number of fused-ring (bicyclic) bond motifs is 4. The van der Waals surface area contributed by atoms with Crippen LogP contribution in [0.2, 0.25) is 0 Å². The van der Waals surface area contributed by atoms with Crippen molar-refractivity contribution in [2.45, 2.75) is 38.1 Å². The minimum atomic E-state index is -0.128. The molecule has 1 aromatic carbocycles. The van der Waals surface area contributed by atoms with Gasteiger partial charge >= 0.3 is 0 Å². The van der Waals surface area contributed by atoms with Crippen LogP contribution in [0.3, 0.4) is 0 Å². The van der Waals surface area contributed by atoms with E-state index in [4.69, 9.17) is 9.47 Å². The van der Waals surface area contributed by atoms with Crippen LogP contribution in [0.15, 0.2) is 36.5 Å². The molecule has 186 valence electrons. The van der Waals surface area contributed by atoms with E-state index in [-0.39, 0.29) is 5.91 Å². The highest BCUT2D eigenvalue weighted by molar-refractivity contribution is 5.94. The van der Waals surface area contributed by atoms with Gasteiger partial charge in [-0.25, -0.2) is 4.98 Å².